The van der Waals surface area contributed by atoms with E-state index in [-0.39, 0.29) is 14.7 Å². The highest BCUT2D eigenvalue weighted by Gasteiger charge is 2.38. The Morgan fingerprint density at radius 2 is 2.30 bits per heavy atom. The number of hydrogen-bond acceptors (Lipinski definition) is 5. The van der Waals surface area contributed by atoms with Gasteiger partial charge >= 0.3 is 0 Å². The van der Waals surface area contributed by atoms with Gasteiger partial charge in [0.25, 0.3) is 10.0 Å². The Labute approximate surface area is 131 Å². The molecule has 0 spiro atoms. The fraction of sp³-hybridized carbons (Fsp3) is 0.417. The number of sulfonamides is 1. The molecule has 1 fully saturated rings. The zero-order valence-electron chi connectivity index (χ0n) is 10.7. The van der Waals surface area contributed by atoms with E-state index in [4.69, 9.17) is 11.6 Å². The molecular formula is C12H13ClN2O2S3. The van der Waals surface area contributed by atoms with Gasteiger partial charge < -0.3 is 0 Å². The van der Waals surface area contributed by atoms with E-state index in [1.165, 1.54) is 0 Å². The standard InChI is InChI=1S/C12H13ClN2O2S3/c1-8-11(19-12(13)14-8)20(16,17)15-6-2-4-9(15)10-5-3-7-18-10/h3,5,7,9H,2,4,6H2,1H3. The molecule has 2 aromatic heterocycles. The fourth-order valence-corrected chi connectivity index (χ4v) is 6.95. The molecule has 2 aromatic rings. The molecule has 1 unspecified atom stereocenters. The van der Waals surface area contributed by atoms with E-state index < -0.39 is 10.0 Å². The van der Waals surface area contributed by atoms with E-state index in [0.717, 1.165) is 29.1 Å². The van der Waals surface area contributed by atoms with Crippen LogP contribution in [0.15, 0.2) is 21.7 Å². The van der Waals surface area contributed by atoms with Crippen LogP contribution in [0.25, 0.3) is 0 Å². The van der Waals surface area contributed by atoms with Gasteiger partial charge in [-0.15, -0.1) is 11.3 Å². The van der Waals surface area contributed by atoms with Crippen molar-refractivity contribution in [2.24, 2.45) is 0 Å². The lowest BCUT2D eigenvalue weighted by molar-refractivity contribution is 0.402. The number of aryl methyl sites for hydroxylation is 1. The third kappa shape index (κ3) is 2.42. The second-order valence-electron chi connectivity index (χ2n) is 4.63. The molecule has 0 aliphatic carbocycles. The average molecular weight is 349 g/mol. The lowest BCUT2D eigenvalue weighted by Gasteiger charge is -2.22. The number of nitrogens with zero attached hydrogens (tertiary/aromatic N) is 2. The maximum absolute atomic E-state index is 12.8. The van der Waals surface area contributed by atoms with Gasteiger partial charge in [-0.3, -0.25) is 0 Å². The Morgan fingerprint density at radius 1 is 1.50 bits per heavy atom. The molecule has 1 saturated heterocycles. The number of thiazole rings is 1. The van der Waals surface area contributed by atoms with Crippen LogP contribution in [0.5, 0.6) is 0 Å². The Morgan fingerprint density at radius 3 is 2.90 bits per heavy atom. The SMILES string of the molecule is Cc1nc(Cl)sc1S(=O)(=O)N1CCCC1c1cccs1. The van der Waals surface area contributed by atoms with Crippen LogP contribution < -0.4 is 0 Å². The molecule has 0 bridgehead atoms. The first-order valence-electron chi connectivity index (χ1n) is 6.18. The Bertz CT molecular complexity index is 709. The van der Waals surface area contributed by atoms with E-state index in [1.807, 2.05) is 17.5 Å². The van der Waals surface area contributed by atoms with E-state index in [0.29, 0.717) is 12.2 Å². The van der Waals surface area contributed by atoms with Gasteiger partial charge in [-0.1, -0.05) is 29.0 Å². The van der Waals surface area contributed by atoms with Crippen molar-refractivity contribution in [3.8, 4) is 0 Å². The summed E-state index contributed by atoms with van der Waals surface area (Å²) in [6, 6.07) is 3.90. The number of aromatic nitrogens is 1. The van der Waals surface area contributed by atoms with Crippen LogP contribution in [-0.4, -0.2) is 24.3 Å². The Kier molecular flexibility index (Phi) is 3.89. The van der Waals surface area contributed by atoms with Gasteiger partial charge in [0.15, 0.2) is 8.68 Å². The highest BCUT2D eigenvalue weighted by Crippen LogP contribution is 2.40. The molecule has 20 heavy (non-hydrogen) atoms. The van der Waals surface area contributed by atoms with Gasteiger partial charge in [0.1, 0.15) is 0 Å². The Balaban J connectivity index is 2.00. The summed E-state index contributed by atoms with van der Waals surface area (Å²) in [6.45, 7) is 2.24. The normalized spacial score (nSPS) is 20.6. The van der Waals surface area contributed by atoms with E-state index in [9.17, 15) is 8.42 Å². The summed E-state index contributed by atoms with van der Waals surface area (Å²) < 4.78 is 27.8. The zero-order valence-corrected chi connectivity index (χ0v) is 13.9. The minimum atomic E-state index is -3.51. The second-order valence-corrected chi connectivity index (χ2v) is 9.28. The molecule has 1 aliphatic rings. The molecule has 4 nitrogen and oxygen atoms in total. The highest BCUT2D eigenvalue weighted by atomic mass is 35.5. The third-order valence-electron chi connectivity index (χ3n) is 3.35. The summed E-state index contributed by atoms with van der Waals surface area (Å²) in [6.07, 6.45) is 1.75. The van der Waals surface area contributed by atoms with E-state index in [2.05, 4.69) is 4.98 Å². The van der Waals surface area contributed by atoms with Gasteiger partial charge in [0, 0.05) is 11.4 Å². The fourth-order valence-electron chi connectivity index (χ4n) is 2.49. The van der Waals surface area contributed by atoms with Gasteiger partial charge in [0.2, 0.25) is 0 Å². The second kappa shape index (κ2) is 5.38. The van der Waals surface area contributed by atoms with Crippen LogP contribution in [0.1, 0.15) is 29.5 Å². The minimum absolute atomic E-state index is 0.0553. The predicted molar refractivity (Wildman–Crippen MR) is 82.0 cm³/mol. The quantitative estimate of drug-likeness (QED) is 0.849. The van der Waals surface area contributed by atoms with Crippen LogP contribution in [0.4, 0.5) is 0 Å². The molecule has 0 radical (unpaired) electrons. The average Bonchev–Trinajstić information content (AvgIpc) is 3.06. The largest absolute Gasteiger partial charge is 0.255 e. The van der Waals surface area contributed by atoms with Gasteiger partial charge in [-0.25, -0.2) is 13.4 Å². The molecule has 0 N–H and O–H groups in total. The summed E-state index contributed by atoms with van der Waals surface area (Å²) in [5.41, 5.74) is 0.483. The molecule has 1 atom stereocenters. The molecule has 108 valence electrons. The van der Waals surface area contributed by atoms with Crippen LogP contribution >= 0.6 is 34.3 Å². The first-order chi connectivity index (χ1) is 9.50. The smallest absolute Gasteiger partial charge is 0.229 e. The van der Waals surface area contributed by atoms with Crippen LogP contribution in [0, 0.1) is 6.92 Å². The monoisotopic (exact) mass is 348 g/mol. The summed E-state index contributed by atoms with van der Waals surface area (Å²) in [5, 5.41) is 1.98. The number of rotatable bonds is 3. The molecule has 1 aliphatic heterocycles. The van der Waals surface area contributed by atoms with Crippen molar-refractivity contribution >= 4 is 44.3 Å². The maximum atomic E-state index is 12.8. The third-order valence-corrected chi connectivity index (χ3v) is 8.08. The van der Waals surface area contributed by atoms with Gasteiger partial charge in [0.05, 0.1) is 11.7 Å². The highest BCUT2D eigenvalue weighted by molar-refractivity contribution is 7.91. The van der Waals surface area contributed by atoms with E-state index >= 15 is 0 Å². The van der Waals surface area contributed by atoms with Crippen molar-refractivity contribution in [2.75, 3.05) is 6.54 Å². The maximum Gasteiger partial charge on any atom is 0.255 e. The molecule has 0 amide bonds. The topological polar surface area (TPSA) is 50.3 Å². The van der Waals surface area contributed by atoms with Crippen molar-refractivity contribution in [2.45, 2.75) is 30.0 Å². The van der Waals surface area contributed by atoms with Crippen LogP contribution in [0.2, 0.25) is 4.47 Å². The summed E-state index contributed by atoms with van der Waals surface area (Å²) in [4.78, 5) is 5.11. The lowest BCUT2D eigenvalue weighted by Crippen LogP contribution is -2.30. The van der Waals surface area contributed by atoms with Crippen LogP contribution in [-0.2, 0) is 10.0 Å². The molecule has 0 aromatic carbocycles. The van der Waals surface area contributed by atoms with Crippen molar-refractivity contribution in [1.82, 2.24) is 9.29 Å². The lowest BCUT2D eigenvalue weighted by atomic mass is 10.2. The summed E-state index contributed by atoms with van der Waals surface area (Å²) in [7, 11) is -3.51. The van der Waals surface area contributed by atoms with Gasteiger partial charge in [-0.2, -0.15) is 4.31 Å². The molecule has 0 saturated carbocycles. The van der Waals surface area contributed by atoms with E-state index in [1.54, 1.807) is 22.6 Å². The zero-order chi connectivity index (χ0) is 14.3. The molecule has 3 heterocycles. The number of thiophene rings is 1. The van der Waals surface area contributed by atoms with Gasteiger partial charge in [-0.05, 0) is 31.2 Å². The molecule has 3 rings (SSSR count). The van der Waals surface area contributed by atoms with Crippen molar-refractivity contribution in [3.63, 3.8) is 0 Å². The Hall–Kier alpha value is -0.470. The minimum Gasteiger partial charge on any atom is -0.229 e. The van der Waals surface area contributed by atoms with Crippen molar-refractivity contribution in [3.05, 3.63) is 32.6 Å². The summed E-state index contributed by atoms with van der Waals surface area (Å²) in [5.74, 6) is 0. The molecule has 8 heteroatoms. The first kappa shape index (κ1) is 14.5. The van der Waals surface area contributed by atoms with Crippen molar-refractivity contribution in [1.29, 1.82) is 0 Å². The predicted octanol–water partition coefficient (Wildman–Crippen LogP) is 3.69. The number of hydrogen-bond donors (Lipinski definition) is 0. The van der Waals surface area contributed by atoms with Crippen molar-refractivity contribution < 1.29 is 8.42 Å². The van der Waals surface area contributed by atoms with Crippen LogP contribution in [0.3, 0.4) is 0 Å². The first-order valence-corrected chi connectivity index (χ1v) is 9.70. The summed E-state index contributed by atoms with van der Waals surface area (Å²) >= 11 is 8.48. The number of halogens is 1. The molecular weight excluding hydrogens is 336 g/mol.